The second-order valence-corrected chi connectivity index (χ2v) is 7.43. The van der Waals surface area contributed by atoms with Gasteiger partial charge in [-0.2, -0.15) is 0 Å². The lowest BCUT2D eigenvalue weighted by Crippen LogP contribution is -2.29. The number of aliphatic hydroxyl groups is 1. The molecule has 2 heterocycles. The van der Waals surface area contributed by atoms with Crippen molar-refractivity contribution in [3.8, 4) is 0 Å². The van der Waals surface area contributed by atoms with E-state index in [1.165, 1.54) is 48.6 Å². The Hall–Kier alpha value is -4.73. The standard InChI is InChI=1S/C24H18N2O8/c1-33-24(30)15-9-7-14(8-10-15)20-19(21(27)16-4-2-5-17(12-16)26(31)32)22(28)23(29)25(20)13-18-6-3-11-34-18/h2-12,20,27H,13H2,1H3/b21-19+. The second kappa shape index (κ2) is 9.02. The lowest BCUT2D eigenvalue weighted by atomic mass is 9.94. The van der Waals surface area contributed by atoms with E-state index in [4.69, 9.17) is 9.15 Å². The summed E-state index contributed by atoms with van der Waals surface area (Å²) >= 11 is 0. The van der Waals surface area contributed by atoms with Crippen molar-refractivity contribution in [2.24, 2.45) is 0 Å². The number of nitrogens with zero attached hydrogens (tertiary/aromatic N) is 2. The minimum absolute atomic E-state index is 0.0152. The van der Waals surface area contributed by atoms with Crippen LogP contribution >= 0.6 is 0 Å². The van der Waals surface area contributed by atoms with E-state index >= 15 is 0 Å². The first-order valence-electron chi connectivity index (χ1n) is 10.1. The highest BCUT2D eigenvalue weighted by Crippen LogP contribution is 2.40. The third-order valence-electron chi connectivity index (χ3n) is 5.42. The second-order valence-electron chi connectivity index (χ2n) is 7.43. The van der Waals surface area contributed by atoms with Gasteiger partial charge in [-0.15, -0.1) is 0 Å². The van der Waals surface area contributed by atoms with Crippen molar-refractivity contribution >= 4 is 29.1 Å². The fourth-order valence-electron chi connectivity index (χ4n) is 3.80. The van der Waals surface area contributed by atoms with Gasteiger partial charge in [0.05, 0.1) is 42.0 Å². The number of Topliss-reactive ketones (excluding diaryl/α,β-unsaturated/α-hetero) is 1. The van der Waals surface area contributed by atoms with Gasteiger partial charge in [0, 0.05) is 17.7 Å². The molecule has 10 heteroatoms. The van der Waals surface area contributed by atoms with E-state index in [0.29, 0.717) is 11.3 Å². The van der Waals surface area contributed by atoms with Gasteiger partial charge < -0.3 is 19.2 Å². The van der Waals surface area contributed by atoms with Crippen molar-refractivity contribution < 1.29 is 33.6 Å². The molecule has 1 aliphatic heterocycles. The average Bonchev–Trinajstić information content (AvgIpc) is 3.45. The van der Waals surface area contributed by atoms with Crippen molar-refractivity contribution in [3.63, 3.8) is 0 Å². The van der Waals surface area contributed by atoms with E-state index in [2.05, 4.69) is 0 Å². The van der Waals surface area contributed by atoms with Gasteiger partial charge in [-0.25, -0.2) is 4.79 Å². The number of carbonyl (C=O) groups excluding carboxylic acids is 3. The number of ketones is 1. The number of ether oxygens (including phenoxy) is 1. The molecule has 0 bridgehead atoms. The van der Waals surface area contributed by atoms with E-state index < -0.39 is 34.4 Å². The van der Waals surface area contributed by atoms with Crippen molar-refractivity contribution in [3.05, 3.63) is 105 Å². The molecule has 34 heavy (non-hydrogen) atoms. The number of nitro groups is 1. The van der Waals surface area contributed by atoms with Crippen molar-refractivity contribution in [2.45, 2.75) is 12.6 Å². The monoisotopic (exact) mass is 462 g/mol. The predicted molar refractivity (Wildman–Crippen MR) is 117 cm³/mol. The van der Waals surface area contributed by atoms with Gasteiger partial charge in [0.15, 0.2) is 0 Å². The van der Waals surface area contributed by atoms with Crippen LogP contribution in [0.25, 0.3) is 5.76 Å². The minimum atomic E-state index is -1.03. The van der Waals surface area contributed by atoms with Crippen LogP contribution in [0.2, 0.25) is 0 Å². The maximum atomic E-state index is 13.0. The summed E-state index contributed by atoms with van der Waals surface area (Å²) in [6, 6.07) is 13.4. The van der Waals surface area contributed by atoms with Gasteiger partial charge in [-0.1, -0.05) is 24.3 Å². The molecule has 0 saturated carbocycles. The Bertz CT molecular complexity index is 1310. The number of non-ortho nitro benzene ring substituents is 1. The molecule has 1 amide bonds. The number of rotatable bonds is 6. The molecule has 1 saturated heterocycles. The highest BCUT2D eigenvalue weighted by Gasteiger charge is 2.46. The molecule has 172 valence electrons. The molecule has 0 radical (unpaired) electrons. The van der Waals surface area contributed by atoms with Gasteiger partial charge >= 0.3 is 5.97 Å². The molecule has 10 nitrogen and oxygen atoms in total. The summed E-state index contributed by atoms with van der Waals surface area (Å²) in [6.07, 6.45) is 1.43. The molecule has 0 aliphatic carbocycles. The fourth-order valence-corrected chi connectivity index (χ4v) is 3.80. The Morgan fingerprint density at radius 1 is 1.12 bits per heavy atom. The smallest absolute Gasteiger partial charge is 0.337 e. The highest BCUT2D eigenvalue weighted by molar-refractivity contribution is 6.46. The van der Waals surface area contributed by atoms with Gasteiger partial charge in [-0.3, -0.25) is 19.7 Å². The number of amides is 1. The molecule has 2 aromatic carbocycles. The Kier molecular flexibility index (Phi) is 5.96. The lowest BCUT2D eigenvalue weighted by molar-refractivity contribution is -0.384. The zero-order valence-corrected chi connectivity index (χ0v) is 17.8. The summed E-state index contributed by atoms with van der Waals surface area (Å²) in [5.74, 6) is -2.52. The Balaban J connectivity index is 1.86. The molecule has 1 fully saturated rings. The van der Waals surface area contributed by atoms with Crippen LogP contribution in [0.5, 0.6) is 0 Å². The Labute approximate surface area is 192 Å². The quantitative estimate of drug-likeness (QED) is 0.146. The normalized spacial score (nSPS) is 17.1. The number of aliphatic hydroxyl groups excluding tert-OH is 1. The van der Waals surface area contributed by atoms with Gasteiger partial charge in [-0.05, 0) is 29.8 Å². The first-order chi connectivity index (χ1) is 16.3. The molecule has 1 unspecified atom stereocenters. The molecular weight excluding hydrogens is 444 g/mol. The van der Waals surface area contributed by atoms with Crippen LogP contribution in [-0.4, -0.2) is 39.7 Å². The Morgan fingerprint density at radius 3 is 2.47 bits per heavy atom. The number of esters is 1. The van der Waals surface area contributed by atoms with E-state index in [-0.39, 0.29) is 28.9 Å². The summed E-state index contributed by atoms with van der Waals surface area (Å²) in [6.45, 7) is -0.0628. The summed E-state index contributed by atoms with van der Waals surface area (Å²) in [5, 5.41) is 22.2. The molecule has 1 aliphatic rings. The predicted octanol–water partition coefficient (Wildman–Crippen LogP) is 3.60. The maximum absolute atomic E-state index is 13.0. The number of nitro benzene ring substituents is 1. The SMILES string of the molecule is COC(=O)c1ccc(C2/C(=C(\O)c3cccc([N+](=O)[O-])c3)C(=O)C(=O)N2Cc2ccco2)cc1. The highest BCUT2D eigenvalue weighted by atomic mass is 16.6. The van der Waals surface area contributed by atoms with E-state index in [1.54, 1.807) is 24.3 Å². The van der Waals surface area contributed by atoms with Gasteiger partial charge in [0.2, 0.25) is 0 Å². The number of likely N-dealkylation sites (tertiary alicyclic amines) is 1. The van der Waals surface area contributed by atoms with Crippen LogP contribution in [0.3, 0.4) is 0 Å². The third-order valence-corrected chi connectivity index (χ3v) is 5.42. The lowest BCUT2D eigenvalue weighted by Gasteiger charge is -2.24. The largest absolute Gasteiger partial charge is 0.507 e. The number of hydrogen-bond donors (Lipinski definition) is 1. The fraction of sp³-hybridized carbons (Fsp3) is 0.125. The number of methoxy groups -OCH3 is 1. The molecule has 1 aromatic heterocycles. The van der Waals surface area contributed by atoms with E-state index in [0.717, 1.165) is 6.07 Å². The van der Waals surface area contributed by atoms with Crippen LogP contribution in [0.1, 0.15) is 33.3 Å². The molecule has 1 N–H and O–H groups in total. The average molecular weight is 462 g/mol. The van der Waals surface area contributed by atoms with Crippen LogP contribution in [0.15, 0.2) is 76.9 Å². The first-order valence-corrected chi connectivity index (χ1v) is 10.1. The minimum Gasteiger partial charge on any atom is -0.507 e. The molecule has 1 atom stereocenters. The molecule has 0 spiro atoms. The van der Waals surface area contributed by atoms with Crippen molar-refractivity contribution in [2.75, 3.05) is 7.11 Å². The van der Waals surface area contributed by atoms with Crippen molar-refractivity contribution in [1.82, 2.24) is 4.90 Å². The maximum Gasteiger partial charge on any atom is 0.337 e. The number of hydrogen-bond acceptors (Lipinski definition) is 8. The van der Waals surface area contributed by atoms with Crippen molar-refractivity contribution in [1.29, 1.82) is 0 Å². The topological polar surface area (TPSA) is 140 Å². The molecule has 4 rings (SSSR count). The Morgan fingerprint density at radius 2 is 1.85 bits per heavy atom. The van der Waals surface area contributed by atoms with Crippen LogP contribution < -0.4 is 0 Å². The zero-order chi connectivity index (χ0) is 24.4. The zero-order valence-electron chi connectivity index (χ0n) is 17.8. The van der Waals surface area contributed by atoms with Gasteiger partial charge in [0.1, 0.15) is 11.5 Å². The summed E-state index contributed by atoms with van der Waals surface area (Å²) in [5.41, 5.74) is 0.190. The summed E-state index contributed by atoms with van der Waals surface area (Å²) < 4.78 is 10.0. The third kappa shape index (κ3) is 4.04. The van der Waals surface area contributed by atoms with E-state index in [9.17, 15) is 29.6 Å². The number of carbonyl (C=O) groups is 3. The summed E-state index contributed by atoms with van der Waals surface area (Å²) in [4.78, 5) is 49.6. The van der Waals surface area contributed by atoms with Gasteiger partial charge in [0.25, 0.3) is 17.4 Å². The number of benzene rings is 2. The molecule has 3 aromatic rings. The first kappa shape index (κ1) is 22.5. The number of furan rings is 1. The van der Waals surface area contributed by atoms with E-state index in [1.807, 2.05) is 0 Å². The van der Waals surface area contributed by atoms with Crippen LogP contribution in [0.4, 0.5) is 5.69 Å². The van der Waals surface area contributed by atoms with Crippen LogP contribution in [0, 0.1) is 10.1 Å². The summed E-state index contributed by atoms with van der Waals surface area (Å²) in [7, 11) is 1.24. The molecular formula is C24H18N2O8. The van der Waals surface area contributed by atoms with Crippen LogP contribution in [-0.2, 0) is 20.9 Å².